The SMILES string of the molecule is [2H]NCCN([2H])CCO. The molecule has 0 bridgehead atoms. The molecular weight excluding hydrogens is 92.1 g/mol. The van der Waals surface area contributed by atoms with E-state index in [0.717, 1.165) is 0 Å². The van der Waals surface area contributed by atoms with Crippen LogP contribution in [0.15, 0.2) is 0 Å². The summed E-state index contributed by atoms with van der Waals surface area (Å²) in [4.78, 5) is 0. The van der Waals surface area contributed by atoms with Crippen LogP contribution in [0.4, 0.5) is 0 Å². The Balaban J connectivity index is 2.95. The van der Waals surface area contributed by atoms with Crippen LogP contribution in [0.25, 0.3) is 0 Å². The fourth-order valence-electron chi connectivity index (χ4n) is 0.262. The summed E-state index contributed by atoms with van der Waals surface area (Å²) in [7, 11) is 0. The minimum absolute atomic E-state index is 0.00149. The Morgan fingerprint density at radius 2 is 2.71 bits per heavy atom. The van der Waals surface area contributed by atoms with Crippen LogP contribution in [0.5, 0.6) is 0 Å². The standard InChI is InChI=1S/C4H12N2O/c5-1-2-6-3-4-7/h6-7H,1-5H2/i/hD2. The molecule has 0 fully saturated rings. The second-order valence-corrected chi connectivity index (χ2v) is 1.14. The first kappa shape index (κ1) is 3.83. The Bertz CT molecular complexity index is 64.5. The summed E-state index contributed by atoms with van der Waals surface area (Å²) in [5.41, 5.74) is 2.16. The lowest BCUT2D eigenvalue weighted by atomic mass is 10.6. The van der Waals surface area contributed by atoms with Gasteiger partial charge in [-0.15, -0.1) is 0 Å². The molecule has 0 aliphatic heterocycles. The van der Waals surface area contributed by atoms with Gasteiger partial charge in [0.1, 0.15) is 2.82 Å². The fourth-order valence-corrected chi connectivity index (χ4v) is 0.262. The summed E-state index contributed by atoms with van der Waals surface area (Å²) in [5.74, 6) is 0. The molecule has 0 heterocycles. The molecule has 0 aromatic carbocycles. The van der Waals surface area contributed by atoms with Gasteiger partial charge in [-0.05, 0) is 0 Å². The largest absolute Gasteiger partial charge is 0.395 e. The predicted molar refractivity (Wildman–Crippen MR) is 29.0 cm³/mol. The Morgan fingerprint density at radius 1 is 1.86 bits per heavy atom. The highest BCUT2D eigenvalue weighted by Gasteiger charge is 1.77. The number of hydrogen-bond donors (Lipinski definition) is 3. The molecule has 0 aliphatic carbocycles. The highest BCUT2D eigenvalue weighted by atomic mass is 16.3. The maximum Gasteiger partial charge on any atom is 0.122 e. The molecular formula is C4H12N2O. The van der Waals surface area contributed by atoms with Crippen LogP contribution in [-0.4, -0.2) is 31.3 Å². The van der Waals surface area contributed by atoms with Crippen molar-refractivity contribution in [1.29, 1.82) is 0 Å². The third-order valence-corrected chi connectivity index (χ3v) is 0.528. The highest BCUT2D eigenvalue weighted by molar-refractivity contribution is 4.42. The molecule has 3 nitrogen and oxygen atoms in total. The summed E-state index contributed by atoms with van der Waals surface area (Å²) in [6, 6.07) is 0. The molecule has 0 amide bonds. The molecule has 0 atom stereocenters. The molecule has 0 aliphatic rings. The molecule has 3 heteroatoms. The number of nitrogens with one attached hydrogen (secondary N) is 1. The smallest absolute Gasteiger partial charge is 0.122 e. The van der Waals surface area contributed by atoms with Crippen molar-refractivity contribution in [1.82, 2.24) is 5.31 Å². The van der Waals surface area contributed by atoms with E-state index < -0.39 is 0 Å². The van der Waals surface area contributed by atoms with Gasteiger partial charge < -0.3 is 16.1 Å². The van der Waals surface area contributed by atoms with Crippen LogP contribution in [0, 0.1) is 0 Å². The second kappa shape index (κ2) is 5.88. The van der Waals surface area contributed by atoms with Crippen LogP contribution in [-0.2, 0) is 0 Å². The fraction of sp³-hybridized carbons (Fsp3) is 1.00. The van der Waals surface area contributed by atoms with E-state index in [4.69, 9.17) is 7.93 Å². The number of rotatable bonds is 5. The van der Waals surface area contributed by atoms with Crippen molar-refractivity contribution in [2.75, 3.05) is 26.2 Å². The van der Waals surface area contributed by atoms with E-state index in [0.29, 0.717) is 19.6 Å². The van der Waals surface area contributed by atoms with Gasteiger partial charge in [0.2, 0.25) is 0 Å². The molecule has 0 unspecified atom stereocenters. The van der Waals surface area contributed by atoms with Crippen LogP contribution in [0.2, 0.25) is 2.82 Å². The number of hydrogen-bond acceptors (Lipinski definition) is 3. The lowest BCUT2D eigenvalue weighted by molar-refractivity contribution is 0.293. The van der Waals surface area contributed by atoms with Gasteiger partial charge in [-0.25, -0.2) is 0 Å². The van der Waals surface area contributed by atoms with Gasteiger partial charge >= 0.3 is 0 Å². The van der Waals surface area contributed by atoms with Crippen LogP contribution >= 0.6 is 0 Å². The van der Waals surface area contributed by atoms with Crippen molar-refractivity contribution in [3.63, 3.8) is 0 Å². The van der Waals surface area contributed by atoms with Gasteiger partial charge in [0, 0.05) is 19.6 Å². The van der Waals surface area contributed by atoms with E-state index >= 15 is 0 Å². The molecule has 0 spiro atoms. The zero-order chi connectivity index (χ0) is 7.11. The Kier molecular flexibility index (Phi) is 3.22. The Hall–Kier alpha value is -0.120. The van der Waals surface area contributed by atoms with Gasteiger partial charge in [-0.3, -0.25) is 0 Å². The molecule has 0 aromatic rings. The molecule has 0 radical (unpaired) electrons. The van der Waals surface area contributed by atoms with Crippen molar-refractivity contribution >= 4 is 0 Å². The summed E-state index contributed by atoms with van der Waals surface area (Å²) in [6.07, 6.45) is 0. The third-order valence-electron chi connectivity index (χ3n) is 0.528. The molecule has 0 saturated heterocycles. The minimum Gasteiger partial charge on any atom is -0.395 e. The Morgan fingerprint density at radius 3 is 3.29 bits per heavy atom. The molecule has 4 N–H and O–H groups in total. The molecule has 0 saturated carbocycles. The summed E-state index contributed by atoms with van der Waals surface area (Å²) in [5, 5.41) is 9.52. The third kappa shape index (κ3) is 5.88. The van der Waals surface area contributed by atoms with Gasteiger partial charge in [0.05, 0.1) is 6.61 Å². The summed E-state index contributed by atoms with van der Waals surface area (Å²) < 4.78 is 13.5. The van der Waals surface area contributed by atoms with Crippen molar-refractivity contribution < 1.29 is 7.93 Å². The zero-order valence-electron chi connectivity index (χ0n) is 6.22. The monoisotopic (exact) mass is 106 g/mol. The lowest BCUT2D eigenvalue weighted by Gasteiger charge is -1.95. The van der Waals surface area contributed by atoms with Gasteiger partial charge in [0.15, 0.2) is 0 Å². The number of aliphatic hydroxyl groups excluding tert-OH is 1. The van der Waals surface area contributed by atoms with Crippen LogP contribution in [0.1, 0.15) is 0 Å². The van der Waals surface area contributed by atoms with Crippen molar-refractivity contribution in [2.45, 2.75) is 0 Å². The Labute approximate surface area is 46.4 Å². The maximum atomic E-state index is 8.31. The van der Waals surface area contributed by atoms with Crippen LogP contribution in [0.3, 0.4) is 0 Å². The van der Waals surface area contributed by atoms with Gasteiger partial charge in [-0.2, -0.15) is 0 Å². The quantitative estimate of drug-likeness (QED) is 0.401. The topological polar surface area (TPSA) is 58.3 Å². The van der Waals surface area contributed by atoms with E-state index in [2.05, 4.69) is 5.73 Å². The van der Waals surface area contributed by atoms with Crippen molar-refractivity contribution in [3.05, 3.63) is 0 Å². The van der Waals surface area contributed by atoms with Crippen LogP contribution < -0.4 is 11.0 Å². The predicted octanol–water partition coefficient (Wildman–Crippen LogP) is -1.47. The first-order chi connectivity index (χ1) is 4.31. The molecule has 7 heavy (non-hydrogen) atoms. The van der Waals surface area contributed by atoms with Gasteiger partial charge in [-0.1, -0.05) is 0 Å². The van der Waals surface area contributed by atoms with E-state index in [9.17, 15) is 0 Å². The normalized spacial score (nSPS) is 14.0. The zero-order valence-corrected chi connectivity index (χ0v) is 4.22. The number of aliphatic hydroxyl groups is 1. The molecule has 0 aromatic heterocycles. The molecule has 0 rings (SSSR count). The highest BCUT2D eigenvalue weighted by Crippen LogP contribution is 1.51. The average molecular weight is 106 g/mol. The van der Waals surface area contributed by atoms with E-state index in [1.807, 2.05) is 0 Å². The second-order valence-electron chi connectivity index (χ2n) is 1.14. The number of nitrogens with two attached hydrogens (primary N) is 1. The van der Waals surface area contributed by atoms with E-state index in [1.165, 1.54) is 5.31 Å². The van der Waals surface area contributed by atoms with E-state index in [1.54, 1.807) is 0 Å². The molecule has 44 valence electrons. The maximum absolute atomic E-state index is 8.31. The average Bonchev–Trinajstić information content (AvgIpc) is 1.85. The van der Waals surface area contributed by atoms with E-state index in [-0.39, 0.29) is 6.61 Å². The van der Waals surface area contributed by atoms with Crippen molar-refractivity contribution in [3.8, 4) is 0 Å². The first-order valence-corrected chi connectivity index (χ1v) is 2.30. The van der Waals surface area contributed by atoms with Gasteiger partial charge in [0.25, 0.3) is 0 Å². The van der Waals surface area contributed by atoms with Crippen molar-refractivity contribution in [2.24, 2.45) is 5.73 Å². The lowest BCUT2D eigenvalue weighted by Crippen LogP contribution is -2.24. The minimum atomic E-state index is 0.00149. The summed E-state index contributed by atoms with van der Waals surface area (Å²) >= 11 is 0. The summed E-state index contributed by atoms with van der Waals surface area (Å²) in [6.45, 7) is 1.29. The first-order valence-electron chi connectivity index (χ1n) is 3.25.